The lowest BCUT2D eigenvalue weighted by Gasteiger charge is -2.36. The van der Waals surface area contributed by atoms with Gasteiger partial charge < -0.3 is 9.64 Å². The van der Waals surface area contributed by atoms with E-state index in [-0.39, 0.29) is 24.3 Å². The van der Waals surface area contributed by atoms with E-state index in [0.717, 1.165) is 51.3 Å². The molecule has 2 aliphatic rings. The van der Waals surface area contributed by atoms with Gasteiger partial charge in [0.2, 0.25) is 5.91 Å². The van der Waals surface area contributed by atoms with Crippen LogP contribution in [0.25, 0.3) is 0 Å². The number of benzene rings is 1. The Morgan fingerprint density at radius 1 is 1.04 bits per heavy atom. The summed E-state index contributed by atoms with van der Waals surface area (Å²) < 4.78 is 5.65. The van der Waals surface area contributed by atoms with Gasteiger partial charge in [-0.2, -0.15) is 0 Å². The summed E-state index contributed by atoms with van der Waals surface area (Å²) in [4.78, 5) is 31.2. The largest absolute Gasteiger partial charge is 0.494 e. The van der Waals surface area contributed by atoms with Gasteiger partial charge in [-0.05, 0) is 37.2 Å². The molecule has 1 aromatic carbocycles. The Labute approximate surface area is 155 Å². The number of hydrogen-bond acceptors (Lipinski definition) is 5. The minimum atomic E-state index is -0.318. The fraction of sp³-hybridized carbons (Fsp3) is 0.600. The molecule has 0 N–H and O–H groups in total. The van der Waals surface area contributed by atoms with Crippen LogP contribution in [0, 0.1) is 0 Å². The number of nitrogens with zero attached hydrogens (tertiary/aromatic N) is 3. The number of likely N-dealkylation sites (N-methyl/N-ethyl adjacent to an activating group) is 1. The Morgan fingerprint density at radius 2 is 1.73 bits per heavy atom. The molecule has 6 heteroatoms. The van der Waals surface area contributed by atoms with Crippen LogP contribution < -0.4 is 9.64 Å². The van der Waals surface area contributed by atoms with Crippen molar-refractivity contribution in [2.24, 2.45) is 0 Å². The van der Waals surface area contributed by atoms with E-state index in [2.05, 4.69) is 23.6 Å². The average Bonchev–Trinajstić information content (AvgIpc) is 2.97. The molecule has 6 nitrogen and oxygen atoms in total. The first kappa shape index (κ1) is 18.9. The summed E-state index contributed by atoms with van der Waals surface area (Å²) in [7, 11) is 0. The number of unbranched alkanes of at least 4 members (excludes halogenated alkanes) is 1. The molecule has 3 rings (SSSR count). The van der Waals surface area contributed by atoms with Crippen molar-refractivity contribution in [2.75, 3.05) is 44.2 Å². The quantitative estimate of drug-likeness (QED) is 0.551. The van der Waals surface area contributed by atoms with Gasteiger partial charge >= 0.3 is 0 Å². The molecule has 0 spiro atoms. The van der Waals surface area contributed by atoms with E-state index in [1.54, 1.807) is 12.1 Å². The minimum absolute atomic E-state index is 0.0976. The lowest BCUT2D eigenvalue weighted by Crippen LogP contribution is -2.52. The van der Waals surface area contributed by atoms with Crippen molar-refractivity contribution in [1.82, 2.24) is 9.80 Å². The van der Waals surface area contributed by atoms with Crippen molar-refractivity contribution in [2.45, 2.75) is 39.2 Å². The van der Waals surface area contributed by atoms with Crippen LogP contribution in [-0.2, 0) is 9.59 Å². The number of amides is 2. The third-order valence-electron chi connectivity index (χ3n) is 5.28. The molecule has 0 aromatic heterocycles. The topological polar surface area (TPSA) is 53.1 Å². The molecule has 1 atom stereocenters. The SMILES string of the molecule is CCCCOc1ccc(N2C(=O)C[C@@H](N3CCN(CC)CC3)C2=O)cc1. The van der Waals surface area contributed by atoms with E-state index in [9.17, 15) is 9.59 Å². The van der Waals surface area contributed by atoms with E-state index in [1.165, 1.54) is 4.90 Å². The molecule has 2 fully saturated rings. The van der Waals surface area contributed by atoms with Gasteiger partial charge in [0, 0.05) is 26.2 Å². The molecule has 142 valence electrons. The number of imide groups is 1. The molecule has 0 aliphatic carbocycles. The number of ether oxygens (including phenoxy) is 1. The van der Waals surface area contributed by atoms with Gasteiger partial charge in [0.1, 0.15) is 5.75 Å². The predicted octanol–water partition coefficient (Wildman–Crippen LogP) is 2.13. The molecule has 2 heterocycles. The number of anilines is 1. The Hall–Kier alpha value is -1.92. The molecule has 0 unspecified atom stereocenters. The second-order valence-electron chi connectivity index (χ2n) is 6.95. The van der Waals surface area contributed by atoms with Crippen LogP contribution in [0.15, 0.2) is 24.3 Å². The van der Waals surface area contributed by atoms with Gasteiger partial charge in [0.05, 0.1) is 24.8 Å². The van der Waals surface area contributed by atoms with Crippen LogP contribution in [-0.4, -0.2) is 67.0 Å². The molecule has 0 bridgehead atoms. The third-order valence-corrected chi connectivity index (χ3v) is 5.28. The van der Waals surface area contributed by atoms with Gasteiger partial charge in [0.15, 0.2) is 0 Å². The molecule has 26 heavy (non-hydrogen) atoms. The molecular weight excluding hydrogens is 330 g/mol. The molecule has 0 radical (unpaired) electrons. The van der Waals surface area contributed by atoms with E-state index in [4.69, 9.17) is 4.74 Å². The zero-order valence-corrected chi connectivity index (χ0v) is 15.8. The summed E-state index contributed by atoms with van der Waals surface area (Å²) in [6, 6.07) is 6.95. The Morgan fingerprint density at radius 3 is 2.35 bits per heavy atom. The number of hydrogen-bond donors (Lipinski definition) is 0. The monoisotopic (exact) mass is 359 g/mol. The van der Waals surface area contributed by atoms with Crippen LogP contribution in [0.3, 0.4) is 0 Å². The fourth-order valence-electron chi connectivity index (χ4n) is 3.59. The highest BCUT2D eigenvalue weighted by molar-refractivity contribution is 6.22. The molecule has 2 aliphatic heterocycles. The highest BCUT2D eigenvalue weighted by atomic mass is 16.5. The van der Waals surface area contributed by atoms with E-state index in [0.29, 0.717) is 12.3 Å². The second-order valence-corrected chi connectivity index (χ2v) is 6.95. The Bertz CT molecular complexity index is 624. The minimum Gasteiger partial charge on any atom is -0.494 e. The fourth-order valence-corrected chi connectivity index (χ4v) is 3.59. The molecule has 2 amide bonds. The summed E-state index contributed by atoms with van der Waals surface area (Å²) in [6.07, 6.45) is 2.38. The molecule has 0 saturated carbocycles. The highest BCUT2D eigenvalue weighted by Crippen LogP contribution is 2.28. The van der Waals surface area contributed by atoms with Gasteiger partial charge in [-0.15, -0.1) is 0 Å². The summed E-state index contributed by atoms with van der Waals surface area (Å²) in [5, 5.41) is 0. The van der Waals surface area contributed by atoms with E-state index >= 15 is 0 Å². The van der Waals surface area contributed by atoms with Crippen molar-refractivity contribution in [3.63, 3.8) is 0 Å². The van der Waals surface area contributed by atoms with Crippen LogP contribution in [0.4, 0.5) is 5.69 Å². The summed E-state index contributed by atoms with van der Waals surface area (Å²) in [6.45, 7) is 9.59. The maximum atomic E-state index is 12.9. The van der Waals surface area contributed by atoms with Crippen LogP contribution in [0.1, 0.15) is 33.1 Å². The van der Waals surface area contributed by atoms with Crippen molar-refractivity contribution >= 4 is 17.5 Å². The first-order valence-electron chi connectivity index (χ1n) is 9.70. The van der Waals surface area contributed by atoms with Crippen LogP contribution >= 0.6 is 0 Å². The normalized spacial score (nSPS) is 22.2. The maximum absolute atomic E-state index is 12.9. The zero-order valence-electron chi connectivity index (χ0n) is 15.8. The molecular formula is C20H29N3O3. The molecule has 2 saturated heterocycles. The van der Waals surface area contributed by atoms with Crippen molar-refractivity contribution in [1.29, 1.82) is 0 Å². The highest BCUT2D eigenvalue weighted by Gasteiger charge is 2.43. The number of carbonyl (C=O) groups is 2. The average molecular weight is 359 g/mol. The van der Waals surface area contributed by atoms with Crippen LogP contribution in [0.5, 0.6) is 5.75 Å². The first-order chi connectivity index (χ1) is 12.6. The van der Waals surface area contributed by atoms with E-state index in [1.807, 2.05) is 12.1 Å². The van der Waals surface area contributed by atoms with Gasteiger partial charge in [-0.3, -0.25) is 14.5 Å². The lowest BCUT2D eigenvalue weighted by molar-refractivity contribution is -0.123. The third kappa shape index (κ3) is 4.07. The van der Waals surface area contributed by atoms with Crippen molar-refractivity contribution < 1.29 is 14.3 Å². The molecule has 1 aromatic rings. The van der Waals surface area contributed by atoms with Crippen molar-refractivity contribution in [3.05, 3.63) is 24.3 Å². The van der Waals surface area contributed by atoms with E-state index < -0.39 is 0 Å². The van der Waals surface area contributed by atoms with Gasteiger partial charge in [-0.1, -0.05) is 20.3 Å². The van der Waals surface area contributed by atoms with Crippen LogP contribution in [0.2, 0.25) is 0 Å². The lowest BCUT2D eigenvalue weighted by atomic mass is 10.1. The number of carbonyl (C=O) groups excluding carboxylic acids is 2. The second kappa shape index (κ2) is 8.64. The smallest absolute Gasteiger partial charge is 0.251 e. The standard InChI is InChI=1S/C20H29N3O3/c1-3-5-14-26-17-8-6-16(7-9-17)23-19(24)15-18(20(23)25)22-12-10-21(4-2)11-13-22/h6-9,18H,3-5,10-15H2,1-2H3/t18-/m1/s1. The first-order valence-corrected chi connectivity index (χ1v) is 9.70. The van der Waals surface area contributed by atoms with Gasteiger partial charge in [0.25, 0.3) is 5.91 Å². The Kier molecular flexibility index (Phi) is 6.27. The number of rotatable bonds is 7. The maximum Gasteiger partial charge on any atom is 0.251 e. The summed E-state index contributed by atoms with van der Waals surface area (Å²) in [5.74, 6) is 0.561. The summed E-state index contributed by atoms with van der Waals surface area (Å²) >= 11 is 0. The van der Waals surface area contributed by atoms with Gasteiger partial charge in [-0.25, -0.2) is 4.90 Å². The summed E-state index contributed by atoms with van der Waals surface area (Å²) in [5.41, 5.74) is 0.637. The number of piperazine rings is 1. The zero-order chi connectivity index (χ0) is 18.5. The Balaban J connectivity index is 1.63. The van der Waals surface area contributed by atoms with Crippen molar-refractivity contribution in [3.8, 4) is 5.75 Å². The predicted molar refractivity (Wildman–Crippen MR) is 101 cm³/mol.